The van der Waals surface area contributed by atoms with Gasteiger partial charge in [0.25, 0.3) is 5.91 Å². The molecule has 6 nitrogen and oxygen atoms in total. The molecule has 1 amide bonds. The van der Waals surface area contributed by atoms with Crippen molar-refractivity contribution in [1.82, 2.24) is 24.5 Å². The minimum atomic E-state index is -0.268. The van der Waals surface area contributed by atoms with Crippen molar-refractivity contribution in [3.63, 3.8) is 0 Å². The van der Waals surface area contributed by atoms with E-state index in [4.69, 9.17) is 0 Å². The van der Waals surface area contributed by atoms with Gasteiger partial charge in [0.2, 0.25) is 0 Å². The molecule has 2 fully saturated rings. The Morgan fingerprint density at radius 1 is 1.05 bits per heavy atom. The summed E-state index contributed by atoms with van der Waals surface area (Å²) in [6.45, 7) is 3.51. The molecule has 1 aliphatic heterocycles. The molecule has 1 saturated carbocycles. The van der Waals surface area contributed by atoms with Crippen LogP contribution in [0.2, 0.25) is 0 Å². The van der Waals surface area contributed by atoms with Crippen LogP contribution in [0.1, 0.15) is 33.1 Å². The lowest BCUT2D eigenvalue weighted by molar-refractivity contribution is 0.0762. The van der Waals surface area contributed by atoms with Crippen LogP contribution in [0.5, 0.6) is 0 Å². The average molecular weight is 492 g/mol. The maximum Gasteiger partial charge on any atom is 0.274 e. The molecule has 0 unspecified atom stereocenters. The van der Waals surface area contributed by atoms with E-state index in [1.807, 2.05) is 35.1 Å². The molecule has 1 saturated heterocycles. The van der Waals surface area contributed by atoms with Crippen LogP contribution in [0, 0.1) is 18.7 Å². The Balaban J connectivity index is 1.31. The molecule has 2 aliphatic rings. The number of aromatic nitrogens is 4. The van der Waals surface area contributed by atoms with Gasteiger partial charge in [0, 0.05) is 43.1 Å². The Kier molecular flexibility index (Phi) is 4.67. The van der Waals surface area contributed by atoms with Gasteiger partial charge in [-0.2, -0.15) is 10.2 Å². The van der Waals surface area contributed by atoms with Crippen molar-refractivity contribution in [2.24, 2.45) is 13.0 Å². The largest absolute Gasteiger partial charge is 0.336 e. The number of carbonyl (C=O) groups is 1. The number of amides is 1. The molecule has 0 radical (unpaired) electrons. The van der Waals surface area contributed by atoms with Gasteiger partial charge >= 0.3 is 0 Å². The number of rotatable bonds is 4. The van der Waals surface area contributed by atoms with Crippen LogP contribution in [0.15, 0.2) is 85.2 Å². The Morgan fingerprint density at radius 3 is 2.57 bits per heavy atom. The molecule has 2 aromatic heterocycles. The van der Waals surface area contributed by atoms with Crippen LogP contribution in [0.25, 0.3) is 16.6 Å². The number of hydrogen-bond donors (Lipinski definition) is 0. The summed E-state index contributed by atoms with van der Waals surface area (Å²) >= 11 is 0. The van der Waals surface area contributed by atoms with Crippen molar-refractivity contribution in [3.05, 3.63) is 113 Å². The molecule has 0 spiro atoms. The van der Waals surface area contributed by atoms with Crippen LogP contribution in [-0.4, -0.2) is 43.5 Å². The summed E-state index contributed by atoms with van der Waals surface area (Å²) in [6.07, 6.45) is 3.68. The van der Waals surface area contributed by atoms with Crippen molar-refractivity contribution in [2.75, 3.05) is 13.1 Å². The van der Waals surface area contributed by atoms with Gasteiger partial charge in [-0.15, -0.1) is 0 Å². The third kappa shape index (κ3) is 3.26. The van der Waals surface area contributed by atoms with Crippen molar-refractivity contribution >= 4 is 16.8 Å². The number of carbonyl (C=O) groups excluding carboxylic acids is 1. The second-order valence-electron chi connectivity index (χ2n) is 10.4. The fraction of sp³-hybridized carbons (Fsp3) is 0.233. The van der Waals surface area contributed by atoms with Gasteiger partial charge in [0.1, 0.15) is 11.5 Å². The van der Waals surface area contributed by atoms with E-state index in [9.17, 15) is 9.18 Å². The Bertz CT molecular complexity index is 1650. The monoisotopic (exact) mass is 491 g/mol. The molecule has 37 heavy (non-hydrogen) atoms. The summed E-state index contributed by atoms with van der Waals surface area (Å²) < 4.78 is 17.0. The second-order valence-corrected chi connectivity index (χ2v) is 10.4. The van der Waals surface area contributed by atoms with Crippen molar-refractivity contribution in [1.29, 1.82) is 0 Å². The Labute approximate surface area is 213 Å². The normalized spacial score (nSPS) is 22.4. The highest BCUT2D eigenvalue weighted by Crippen LogP contribution is 2.69. The number of likely N-dealkylation sites (tertiary alicyclic amines) is 1. The molecule has 0 bridgehead atoms. The summed E-state index contributed by atoms with van der Waals surface area (Å²) in [6, 6.07) is 23.2. The zero-order chi connectivity index (χ0) is 25.3. The van der Waals surface area contributed by atoms with Crippen molar-refractivity contribution in [2.45, 2.75) is 18.3 Å². The maximum atomic E-state index is 13.5. The van der Waals surface area contributed by atoms with E-state index in [1.165, 1.54) is 28.8 Å². The first-order chi connectivity index (χ1) is 18.0. The van der Waals surface area contributed by atoms with Gasteiger partial charge in [0.15, 0.2) is 0 Å². The standard InChI is InChI=1S/C30H26FN5O/c1-19-14-27-21(16-32-36(27)23-10-8-22(31)9-11-23)15-24(19)30-18-35(29(37)26-12-13-34(2)33-26)17-25(30)28(30)20-6-4-3-5-7-20/h3-16,25,28H,17-18H2,1-2H3/t25-,28-,30+/m1/s1. The van der Waals surface area contributed by atoms with Crippen LogP contribution in [-0.2, 0) is 12.5 Å². The van der Waals surface area contributed by atoms with Gasteiger partial charge in [-0.3, -0.25) is 9.48 Å². The first kappa shape index (κ1) is 22.0. The molecular weight excluding hydrogens is 465 g/mol. The van der Waals surface area contributed by atoms with Gasteiger partial charge in [-0.05, 0) is 72.0 Å². The van der Waals surface area contributed by atoms with Crippen molar-refractivity contribution in [3.8, 4) is 5.69 Å². The fourth-order valence-electron chi connectivity index (χ4n) is 6.58. The molecule has 5 aromatic rings. The quantitative estimate of drug-likeness (QED) is 0.355. The lowest BCUT2D eigenvalue weighted by Crippen LogP contribution is -2.35. The molecule has 7 heteroatoms. The van der Waals surface area contributed by atoms with Crippen LogP contribution >= 0.6 is 0 Å². The van der Waals surface area contributed by atoms with E-state index in [1.54, 1.807) is 22.9 Å². The van der Waals surface area contributed by atoms with Gasteiger partial charge in [-0.1, -0.05) is 30.3 Å². The van der Waals surface area contributed by atoms with E-state index in [-0.39, 0.29) is 17.1 Å². The third-order valence-electron chi connectivity index (χ3n) is 8.24. The Morgan fingerprint density at radius 2 is 1.84 bits per heavy atom. The SMILES string of the molecule is Cc1cc2c(cnn2-c2ccc(F)cc2)cc1[C@@]12CN(C(=O)c3ccn(C)n3)C[C@@H]1[C@H]2c1ccccc1. The average Bonchev–Trinajstić information content (AvgIpc) is 3.32. The van der Waals surface area contributed by atoms with Gasteiger partial charge in [0.05, 0.1) is 17.4 Å². The molecule has 3 heterocycles. The minimum absolute atomic E-state index is 0.0122. The fourth-order valence-corrected chi connectivity index (χ4v) is 6.58. The lowest BCUT2D eigenvalue weighted by atomic mass is 9.86. The Hall–Kier alpha value is -4.26. The molecule has 7 rings (SSSR count). The minimum Gasteiger partial charge on any atom is -0.336 e. The first-order valence-corrected chi connectivity index (χ1v) is 12.5. The number of nitrogens with zero attached hydrogens (tertiary/aromatic N) is 5. The highest BCUT2D eigenvalue weighted by Gasteiger charge is 2.71. The van der Waals surface area contributed by atoms with E-state index in [0.717, 1.165) is 16.6 Å². The smallest absolute Gasteiger partial charge is 0.274 e. The molecular formula is C30H26FN5O. The highest BCUT2D eigenvalue weighted by atomic mass is 19.1. The number of piperidine rings is 1. The zero-order valence-corrected chi connectivity index (χ0v) is 20.7. The predicted octanol–water partition coefficient (Wildman–Crippen LogP) is 5.01. The number of benzene rings is 3. The van der Waals surface area contributed by atoms with E-state index >= 15 is 0 Å². The van der Waals surface area contributed by atoms with E-state index in [2.05, 4.69) is 53.5 Å². The topological polar surface area (TPSA) is 56.0 Å². The summed E-state index contributed by atoms with van der Waals surface area (Å²) in [7, 11) is 1.83. The van der Waals surface area contributed by atoms with Crippen LogP contribution < -0.4 is 0 Å². The molecule has 0 N–H and O–H groups in total. The molecule has 3 atom stereocenters. The summed E-state index contributed by atoms with van der Waals surface area (Å²) in [5.74, 6) is 0.410. The summed E-state index contributed by atoms with van der Waals surface area (Å²) in [5, 5.41) is 10.0. The van der Waals surface area contributed by atoms with Crippen LogP contribution in [0.4, 0.5) is 4.39 Å². The molecule has 3 aromatic carbocycles. The molecule has 1 aliphatic carbocycles. The van der Waals surface area contributed by atoms with E-state index in [0.29, 0.717) is 30.6 Å². The summed E-state index contributed by atoms with van der Waals surface area (Å²) in [4.78, 5) is 15.3. The number of hydrogen-bond acceptors (Lipinski definition) is 3. The first-order valence-electron chi connectivity index (χ1n) is 12.5. The van der Waals surface area contributed by atoms with E-state index < -0.39 is 0 Å². The predicted molar refractivity (Wildman–Crippen MR) is 139 cm³/mol. The van der Waals surface area contributed by atoms with Gasteiger partial charge < -0.3 is 4.90 Å². The second kappa shape index (κ2) is 7.87. The number of aryl methyl sites for hydroxylation is 2. The molecule has 184 valence electrons. The lowest BCUT2D eigenvalue weighted by Gasteiger charge is -2.25. The highest BCUT2D eigenvalue weighted by molar-refractivity contribution is 5.93. The maximum absolute atomic E-state index is 13.5. The van der Waals surface area contributed by atoms with Crippen molar-refractivity contribution < 1.29 is 9.18 Å². The third-order valence-corrected chi connectivity index (χ3v) is 8.24. The zero-order valence-electron chi connectivity index (χ0n) is 20.7. The number of fused-ring (bicyclic) bond motifs is 2. The number of halogens is 1. The van der Waals surface area contributed by atoms with Crippen LogP contribution in [0.3, 0.4) is 0 Å². The summed E-state index contributed by atoms with van der Waals surface area (Å²) in [5.41, 5.74) is 5.91. The van der Waals surface area contributed by atoms with Gasteiger partial charge in [-0.25, -0.2) is 9.07 Å².